The van der Waals surface area contributed by atoms with Crippen molar-refractivity contribution in [1.82, 2.24) is 9.55 Å². The highest BCUT2D eigenvalue weighted by Crippen LogP contribution is 2.31. The second-order valence-corrected chi connectivity index (χ2v) is 7.06. The quantitative estimate of drug-likeness (QED) is 0.899. The van der Waals surface area contributed by atoms with Gasteiger partial charge in [-0.15, -0.1) is 11.3 Å². The molecular weight excluding hydrogens is 254 g/mol. The molecule has 3 nitrogen and oxygen atoms in total. The molecule has 0 saturated heterocycles. The zero-order valence-corrected chi connectivity index (χ0v) is 12.6. The number of anilines is 1. The molecule has 0 amide bonds. The summed E-state index contributed by atoms with van der Waals surface area (Å²) in [6.45, 7) is 7.63. The smallest absolute Gasteiger partial charge is 0.203 e. The Kier molecular flexibility index (Phi) is 3.13. The number of nitrogens with one attached hydrogen (secondary N) is 1. The monoisotopic (exact) mass is 275 g/mol. The minimum atomic E-state index is 0.140. The van der Waals surface area contributed by atoms with Crippen LogP contribution in [0.5, 0.6) is 0 Å². The zero-order chi connectivity index (χ0) is 13.5. The van der Waals surface area contributed by atoms with E-state index >= 15 is 0 Å². The molecule has 0 bridgehead atoms. The van der Waals surface area contributed by atoms with E-state index in [2.05, 4.69) is 59.3 Å². The fourth-order valence-electron chi connectivity index (χ4n) is 2.36. The Hall–Kier alpha value is -1.29. The van der Waals surface area contributed by atoms with Crippen LogP contribution < -0.4 is 5.32 Å². The molecule has 4 heteroatoms. The Morgan fingerprint density at radius 3 is 2.89 bits per heavy atom. The van der Waals surface area contributed by atoms with Crippen LogP contribution in [0.4, 0.5) is 5.95 Å². The topological polar surface area (TPSA) is 29.9 Å². The minimum absolute atomic E-state index is 0.140. The lowest BCUT2D eigenvalue weighted by molar-refractivity contribution is 0.445. The van der Waals surface area contributed by atoms with Crippen molar-refractivity contribution < 1.29 is 0 Å². The molecule has 1 aliphatic carbocycles. The average Bonchev–Trinajstić information content (AvgIpc) is 2.86. The van der Waals surface area contributed by atoms with Crippen LogP contribution in [0.2, 0.25) is 0 Å². The number of imidazole rings is 1. The predicted molar refractivity (Wildman–Crippen MR) is 81.0 cm³/mol. The summed E-state index contributed by atoms with van der Waals surface area (Å²) in [5.41, 5.74) is 1.23. The van der Waals surface area contributed by atoms with Gasteiger partial charge in [0.15, 0.2) is 0 Å². The van der Waals surface area contributed by atoms with Gasteiger partial charge in [0.25, 0.3) is 0 Å². The van der Waals surface area contributed by atoms with Gasteiger partial charge in [-0.3, -0.25) is 0 Å². The van der Waals surface area contributed by atoms with E-state index in [4.69, 9.17) is 0 Å². The van der Waals surface area contributed by atoms with Crippen LogP contribution >= 0.6 is 11.3 Å². The molecule has 0 radical (unpaired) electrons. The molecule has 2 aromatic heterocycles. The fraction of sp³-hybridized carbons (Fsp3) is 0.533. The maximum Gasteiger partial charge on any atom is 0.203 e. The Labute approximate surface area is 118 Å². The first-order chi connectivity index (χ1) is 9.04. The van der Waals surface area contributed by atoms with Crippen molar-refractivity contribution in [1.29, 1.82) is 0 Å². The Balaban J connectivity index is 1.82. The Morgan fingerprint density at radius 2 is 2.26 bits per heavy atom. The van der Waals surface area contributed by atoms with Gasteiger partial charge >= 0.3 is 0 Å². The molecule has 0 spiro atoms. The van der Waals surface area contributed by atoms with Crippen molar-refractivity contribution in [2.45, 2.75) is 51.6 Å². The van der Waals surface area contributed by atoms with Gasteiger partial charge in [-0.1, -0.05) is 19.9 Å². The number of aryl methyl sites for hydroxylation is 1. The van der Waals surface area contributed by atoms with Crippen LogP contribution in [-0.2, 0) is 12.0 Å². The second-order valence-electron chi connectivity index (χ2n) is 6.11. The third kappa shape index (κ3) is 2.84. The maximum atomic E-state index is 4.61. The molecule has 1 fully saturated rings. The Morgan fingerprint density at radius 1 is 1.47 bits per heavy atom. The molecule has 1 N–H and O–H groups in total. The molecule has 0 aliphatic heterocycles. The highest BCUT2D eigenvalue weighted by atomic mass is 32.1. The molecule has 0 aromatic carbocycles. The molecule has 1 saturated carbocycles. The first kappa shape index (κ1) is 12.7. The fourth-order valence-corrected chi connectivity index (χ4v) is 3.20. The molecule has 102 valence electrons. The van der Waals surface area contributed by atoms with Gasteiger partial charge in [0.05, 0.1) is 5.69 Å². The van der Waals surface area contributed by atoms with Crippen LogP contribution in [0.3, 0.4) is 0 Å². The number of thiophene rings is 1. The summed E-state index contributed by atoms with van der Waals surface area (Å²) in [4.78, 5) is 6.04. The highest BCUT2D eigenvalue weighted by Gasteiger charge is 2.26. The van der Waals surface area contributed by atoms with E-state index in [1.54, 1.807) is 0 Å². The van der Waals surface area contributed by atoms with Gasteiger partial charge in [0.1, 0.15) is 0 Å². The van der Waals surface area contributed by atoms with Gasteiger partial charge in [-0.25, -0.2) is 4.98 Å². The molecule has 19 heavy (non-hydrogen) atoms. The van der Waals surface area contributed by atoms with Crippen molar-refractivity contribution in [2.75, 3.05) is 5.32 Å². The molecule has 0 atom stereocenters. The van der Waals surface area contributed by atoms with E-state index in [0.717, 1.165) is 18.2 Å². The first-order valence-electron chi connectivity index (χ1n) is 6.89. The van der Waals surface area contributed by atoms with Gasteiger partial charge in [0, 0.05) is 29.1 Å². The number of hydrogen-bond acceptors (Lipinski definition) is 3. The normalized spacial score (nSPS) is 15.7. The predicted octanol–water partition coefficient (Wildman–Crippen LogP) is 3.81. The summed E-state index contributed by atoms with van der Waals surface area (Å²) >= 11 is 1.83. The van der Waals surface area contributed by atoms with Gasteiger partial charge in [0.2, 0.25) is 5.95 Å². The van der Waals surface area contributed by atoms with Crippen LogP contribution in [0, 0.1) is 6.92 Å². The van der Waals surface area contributed by atoms with E-state index < -0.39 is 0 Å². The third-order valence-electron chi connectivity index (χ3n) is 3.56. The average molecular weight is 275 g/mol. The number of aromatic nitrogens is 2. The van der Waals surface area contributed by atoms with Crippen molar-refractivity contribution >= 4 is 17.3 Å². The molecule has 2 aromatic rings. The van der Waals surface area contributed by atoms with Gasteiger partial charge < -0.3 is 9.88 Å². The highest BCUT2D eigenvalue weighted by molar-refractivity contribution is 7.10. The van der Waals surface area contributed by atoms with Crippen LogP contribution in [0.25, 0.3) is 0 Å². The minimum Gasteiger partial charge on any atom is -0.353 e. The lowest BCUT2D eigenvalue weighted by Crippen LogP contribution is -2.24. The standard InChI is InChI=1S/C15H21N3S/c1-11-9-18(14(16-11)17-12-6-7-12)10-15(2,3)13-5-4-8-19-13/h4-5,8-9,12H,6-7,10H2,1-3H3,(H,16,17). The summed E-state index contributed by atoms with van der Waals surface area (Å²) < 4.78 is 2.27. The summed E-state index contributed by atoms with van der Waals surface area (Å²) in [5.74, 6) is 1.03. The summed E-state index contributed by atoms with van der Waals surface area (Å²) in [7, 11) is 0. The second kappa shape index (κ2) is 4.67. The van der Waals surface area contributed by atoms with Crippen molar-refractivity contribution in [3.05, 3.63) is 34.3 Å². The SMILES string of the molecule is Cc1cn(CC(C)(C)c2cccs2)c(NC2CC2)n1. The third-order valence-corrected chi connectivity index (χ3v) is 4.80. The summed E-state index contributed by atoms with van der Waals surface area (Å²) in [6.07, 6.45) is 4.71. The van der Waals surface area contributed by atoms with E-state index in [1.165, 1.54) is 17.7 Å². The maximum absolute atomic E-state index is 4.61. The van der Waals surface area contributed by atoms with Crippen molar-refractivity contribution in [2.24, 2.45) is 0 Å². The largest absolute Gasteiger partial charge is 0.353 e. The first-order valence-corrected chi connectivity index (χ1v) is 7.77. The Bertz CT molecular complexity index is 550. The van der Waals surface area contributed by atoms with E-state index in [0.29, 0.717) is 6.04 Å². The molecule has 2 heterocycles. The summed E-state index contributed by atoms with van der Waals surface area (Å²) in [5, 5.41) is 5.68. The van der Waals surface area contributed by atoms with E-state index in [9.17, 15) is 0 Å². The zero-order valence-electron chi connectivity index (χ0n) is 11.8. The van der Waals surface area contributed by atoms with Crippen LogP contribution in [-0.4, -0.2) is 15.6 Å². The van der Waals surface area contributed by atoms with Gasteiger partial charge in [-0.2, -0.15) is 0 Å². The molecule has 0 unspecified atom stereocenters. The lowest BCUT2D eigenvalue weighted by atomic mass is 9.91. The van der Waals surface area contributed by atoms with Gasteiger partial charge in [-0.05, 0) is 31.2 Å². The molecular formula is C15H21N3S. The number of hydrogen-bond donors (Lipinski definition) is 1. The lowest BCUT2D eigenvalue weighted by Gasteiger charge is -2.25. The molecule has 1 aliphatic rings. The van der Waals surface area contributed by atoms with Crippen molar-refractivity contribution in [3.8, 4) is 0 Å². The van der Waals surface area contributed by atoms with Crippen LogP contribution in [0.1, 0.15) is 37.3 Å². The summed E-state index contributed by atoms with van der Waals surface area (Å²) in [6, 6.07) is 5.00. The van der Waals surface area contributed by atoms with Crippen LogP contribution in [0.15, 0.2) is 23.7 Å². The van der Waals surface area contributed by atoms with E-state index in [-0.39, 0.29) is 5.41 Å². The number of nitrogens with zero attached hydrogens (tertiary/aromatic N) is 2. The van der Waals surface area contributed by atoms with E-state index in [1.807, 2.05) is 11.3 Å². The number of rotatable bonds is 5. The molecule has 3 rings (SSSR count). The van der Waals surface area contributed by atoms with Crippen molar-refractivity contribution in [3.63, 3.8) is 0 Å².